The second kappa shape index (κ2) is 5.28. The molecular weight excluding hydrogens is 271 g/mol. The third kappa shape index (κ3) is 3.22. The van der Waals surface area contributed by atoms with Gasteiger partial charge in [-0.2, -0.15) is 0 Å². The molecule has 1 aliphatic rings. The summed E-state index contributed by atoms with van der Waals surface area (Å²) in [5.41, 5.74) is 0. The monoisotopic (exact) mass is 282 g/mol. The average Bonchev–Trinajstić information content (AvgIpc) is 2.03. The van der Waals surface area contributed by atoms with Crippen molar-refractivity contribution in [1.82, 2.24) is 0 Å². The lowest BCUT2D eigenvalue weighted by Gasteiger charge is -2.22. The van der Waals surface area contributed by atoms with Crippen molar-refractivity contribution in [3.8, 4) is 11.2 Å². The molecule has 1 rings (SSSR count). The summed E-state index contributed by atoms with van der Waals surface area (Å²) < 4.78 is 0. The SMILES string of the molecule is OC1CCCCC1C#CSI. The minimum Gasteiger partial charge on any atom is -0.392 e. The lowest BCUT2D eigenvalue weighted by atomic mass is 9.87. The predicted molar refractivity (Wildman–Crippen MR) is 57.4 cm³/mol. The molecule has 0 radical (unpaired) electrons. The normalized spacial score (nSPS) is 30.7. The van der Waals surface area contributed by atoms with E-state index in [9.17, 15) is 5.11 Å². The quantitative estimate of drug-likeness (QED) is 0.544. The maximum atomic E-state index is 9.48. The fraction of sp³-hybridized carbons (Fsp3) is 0.750. The van der Waals surface area contributed by atoms with E-state index in [0.717, 1.165) is 19.3 Å². The minimum atomic E-state index is -0.167. The van der Waals surface area contributed by atoms with Crippen molar-refractivity contribution in [1.29, 1.82) is 0 Å². The Kier molecular flexibility index (Phi) is 4.65. The van der Waals surface area contributed by atoms with Crippen LogP contribution < -0.4 is 0 Å². The summed E-state index contributed by atoms with van der Waals surface area (Å²) in [6, 6.07) is 0. The van der Waals surface area contributed by atoms with E-state index in [-0.39, 0.29) is 12.0 Å². The maximum absolute atomic E-state index is 9.48. The van der Waals surface area contributed by atoms with Crippen LogP contribution in [-0.2, 0) is 0 Å². The van der Waals surface area contributed by atoms with E-state index in [1.54, 1.807) is 0 Å². The first-order valence-corrected chi connectivity index (χ1v) is 7.16. The molecule has 0 spiro atoms. The standard InChI is InChI=1S/C8H11IOS/c9-11-6-5-7-3-1-2-4-8(7)10/h7-8,10H,1-4H2. The van der Waals surface area contributed by atoms with Crippen LogP contribution >= 0.6 is 30.1 Å². The zero-order valence-corrected chi connectivity index (χ0v) is 9.19. The maximum Gasteiger partial charge on any atom is 0.0677 e. The van der Waals surface area contributed by atoms with Crippen LogP contribution in [-0.4, -0.2) is 11.2 Å². The van der Waals surface area contributed by atoms with Gasteiger partial charge < -0.3 is 5.11 Å². The van der Waals surface area contributed by atoms with E-state index in [1.807, 2.05) is 0 Å². The van der Waals surface area contributed by atoms with E-state index in [4.69, 9.17) is 0 Å². The highest BCUT2D eigenvalue weighted by molar-refractivity contribution is 14.2. The Labute approximate surface area is 83.9 Å². The number of halogens is 1. The Bertz CT molecular complexity index is 173. The van der Waals surface area contributed by atoms with Crippen molar-refractivity contribution >= 4 is 30.1 Å². The van der Waals surface area contributed by atoms with E-state index in [0.29, 0.717) is 0 Å². The van der Waals surface area contributed by atoms with Crippen LogP contribution in [0.2, 0.25) is 0 Å². The smallest absolute Gasteiger partial charge is 0.0677 e. The molecule has 0 heterocycles. The highest BCUT2D eigenvalue weighted by Crippen LogP contribution is 2.24. The molecule has 11 heavy (non-hydrogen) atoms. The first-order valence-electron chi connectivity index (χ1n) is 3.81. The second-order valence-corrected chi connectivity index (χ2v) is 4.46. The summed E-state index contributed by atoms with van der Waals surface area (Å²) >= 11 is 2.15. The van der Waals surface area contributed by atoms with Crippen LogP contribution in [0.4, 0.5) is 0 Å². The van der Waals surface area contributed by atoms with Crippen molar-refractivity contribution in [3.05, 3.63) is 0 Å². The van der Waals surface area contributed by atoms with Crippen LogP contribution in [0.1, 0.15) is 25.7 Å². The summed E-state index contributed by atoms with van der Waals surface area (Å²) in [6.45, 7) is 0. The van der Waals surface area contributed by atoms with Crippen LogP contribution in [0, 0.1) is 17.1 Å². The lowest BCUT2D eigenvalue weighted by molar-refractivity contribution is 0.0970. The number of hydrogen-bond donors (Lipinski definition) is 1. The van der Waals surface area contributed by atoms with Crippen LogP contribution in [0.15, 0.2) is 0 Å². The molecule has 2 unspecified atom stereocenters. The van der Waals surface area contributed by atoms with Gasteiger partial charge in [0.2, 0.25) is 0 Å². The van der Waals surface area contributed by atoms with E-state index in [2.05, 4.69) is 32.4 Å². The fourth-order valence-electron chi connectivity index (χ4n) is 1.38. The first-order chi connectivity index (χ1) is 5.34. The van der Waals surface area contributed by atoms with E-state index < -0.39 is 0 Å². The molecule has 0 aromatic rings. The van der Waals surface area contributed by atoms with Gasteiger partial charge in [-0.15, -0.1) is 0 Å². The van der Waals surface area contributed by atoms with Crippen LogP contribution in [0.5, 0.6) is 0 Å². The Balaban J connectivity index is 2.41. The molecule has 3 heteroatoms. The summed E-state index contributed by atoms with van der Waals surface area (Å²) in [7, 11) is 1.50. The Hall–Kier alpha value is 0.600. The summed E-state index contributed by atoms with van der Waals surface area (Å²) in [5, 5.41) is 12.4. The molecule has 1 saturated carbocycles. The molecule has 1 aliphatic carbocycles. The third-order valence-corrected chi connectivity index (χ3v) is 2.87. The van der Waals surface area contributed by atoms with Crippen molar-refractivity contribution in [2.75, 3.05) is 0 Å². The van der Waals surface area contributed by atoms with Gasteiger partial charge in [-0.05, 0) is 27.0 Å². The molecule has 2 atom stereocenters. The van der Waals surface area contributed by atoms with Crippen LogP contribution in [0.25, 0.3) is 0 Å². The number of aliphatic hydroxyl groups excluding tert-OH is 1. The molecule has 0 aliphatic heterocycles. The van der Waals surface area contributed by atoms with Gasteiger partial charge in [0, 0.05) is 27.1 Å². The van der Waals surface area contributed by atoms with Crippen molar-refractivity contribution < 1.29 is 5.11 Å². The largest absolute Gasteiger partial charge is 0.392 e. The van der Waals surface area contributed by atoms with Gasteiger partial charge in [-0.25, -0.2) is 0 Å². The lowest BCUT2D eigenvalue weighted by Crippen LogP contribution is -2.22. The Morgan fingerprint density at radius 2 is 2.09 bits per heavy atom. The third-order valence-electron chi connectivity index (χ3n) is 2.01. The first kappa shape index (κ1) is 9.69. The van der Waals surface area contributed by atoms with E-state index >= 15 is 0 Å². The van der Waals surface area contributed by atoms with Gasteiger partial charge in [0.1, 0.15) is 0 Å². The minimum absolute atomic E-state index is 0.167. The molecule has 0 bridgehead atoms. The predicted octanol–water partition coefficient (Wildman–Crippen LogP) is 2.58. The number of hydrogen-bond acceptors (Lipinski definition) is 2. The Morgan fingerprint density at radius 1 is 1.36 bits per heavy atom. The highest BCUT2D eigenvalue weighted by atomic mass is 127. The highest BCUT2D eigenvalue weighted by Gasteiger charge is 2.20. The zero-order valence-electron chi connectivity index (χ0n) is 6.22. The number of rotatable bonds is 0. The van der Waals surface area contributed by atoms with Crippen LogP contribution in [0.3, 0.4) is 0 Å². The molecule has 0 amide bonds. The average molecular weight is 282 g/mol. The van der Waals surface area contributed by atoms with Gasteiger partial charge in [-0.1, -0.05) is 18.8 Å². The van der Waals surface area contributed by atoms with Crippen molar-refractivity contribution in [3.63, 3.8) is 0 Å². The second-order valence-electron chi connectivity index (χ2n) is 2.78. The van der Waals surface area contributed by atoms with Crippen molar-refractivity contribution in [2.24, 2.45) is 5.92 Å². The van der Waals surface area contributed by atoms with Gasteiger partial charge in [0.05, 0.1) is 6.10 Å². The van der Waals surface area contributed by atoms with E-state index in [1.165, 1.54) is 15.4 Å². The summed E-state index contributed by atoms with van der Waals surface area (Å²) in [5.74, 6) is 3.32. The van der Waals surface area contributed by atoms with Gasteiger partial charge >= 0.3 is 0 Å². The zero-order chi connectivity index (χ0) is 8.10. The molecule has 1 nitrogen and oxygen atoms in total. The molecular formula is C8H11IOS. The summed E-state index contributed by atoms with van der Waals surface area (Å²) in [6.07, 6.45) is 4.23. The molecule has 62 valence electrons. The Morgan fingerprint density at radius 3 is 2.73 bits per heavy atom. The van der Waals surface area contributed by atoms with Gasteiger partial charge in [0.15, 0.2) is 0 Å². The van der Waals surface area contributed by atoms with Crippen molar-refractivity contribution in [2.45, 2.75) is 31.8 Å². The fourth-order valence-corrected chi connectivity index (χ4v) is 1.95. The number of aliphatic hydroxyl groups is 1. The topological polar surface area (TPSA) is 20.2 Å². The molecule has 1 fully saturated rings. The molecule has 0 saturated heterocycles. The van der Waals surface area contributed by atoms with Gasteiger partial charge in [0.25, 0.3) is 0 Å². The summed E-state index contributed by atoms with van der Waals surface area (Å²) in [4.78, 5) is 0. The molecule has 0 aromatic carbocycles. The molecule has 0 aromatic heterocycles. The molecule has 1 N–H and O–H groups in total. The van der Waals surface area contributed by atoms with Gasteiger partial charge in [-0.3, -0.25) is 0 Å².